The van der Waals surface area contributed by atoms with Crippen molar-refractivity contribution in [1.82, 2.24) is 14.8 Å². The fraction of sp³-hybridized carbons (Fsp3) is 0.231. The van der Waals surface area contributed by atoms with Crippen molar-refractivity contribution in [1.29, 1.82) is 0 Å². The molecule has 6 heteroatoms. The van der Waals surface area contributed by atoms with Crippen LogP contribution in [-0.4, -0.2) is 42.5 Å². The van der Waals surface area contributed by atoms with Gasteiger partial charge in [-0.3, -0.25) is 4.98 Å². The average Bonchev–Trinajstić information content (AvgIpc) is 2.87. The van der Waals surface area contributed by atoms with Gasteiger partial charge in [0, 0.05) is 51.2 Å². The minimum absolute atomic E-state index is 0. The van der Waals surface area contributed by atoms with Gasteiger partial charge in [0.15, 0.2) is 0 Å². The minimum Gasteiger partial charge on any atom is -0.388 e. The van der Waals surface area contributed by atoms with E-state index in [1.54, 1.807) is 0 Å². The molecule has 2 radical (unpaired) electrons. The Hall–Kier alpha value is -1.23. The molecule has 98 valence electrons. The van der Waals surface area contributed by atoms with Crippen molar-refractivity contribution in [3.05, 3.63) is 42.7 Å². The third kappa shape index (κ3) is 3.21. The van der Waals surface area contributed by atoms with E-state index in [-0.39, 0.29) is 20.1 Å². The predicted octanol–water partition coefficient (Wildman–Crippen LogP) is 1.43. The Labute approximate surface area is 127 Å². The third-order valence-corrected chi connectivity index (χ3v) is 3.03. The first kappa shape index (κ1) is 14.2. The van der Waals surface area contributed by atoms with Crippen LogP contribution in [0.3, 0.4) is 0 Å². The molecule has 0 unspecified atom stereocenters. The van der Waals surface area contributed by atoms with Crippen LogP contribution in [-0.2, 0) is 20.1 Å². The molecular formula is C13H14BIrN4. The number of likely N-dealkylation sites (N-methyl/N-ethyl adjacent to an activating group) is 1. The monoisotopic (exact) mass is 430 g/mol. The minimum atomic E-state index is 0. The van der Waals surface area contributed by atoms with Crippen LogP contribution in [0.1, 0.15) is 0 Å². The third-order valence-electron chi connectivity index (χ3n) is 3.03. The maximum Gasteiger partial charge on any atom is 0.353 e. The van der Waals surface area contributed by atoms with Crippen LogP contribution in [0.4, 0.5) is 5.82 Å². The number of aromatic nitrogens is 2. The molecule has 2 aromatic rings. The zero-order valence-corrected chi connectivity index (χ0v) is 13.1. The van der Waals surface area contributed by atoms with E-state index in [9.17, 15) is 0 Å². The number of pyridine rings is 2. The smallest absolute Gasteiger partial charge is 0.353 e. The van der Waals surface area contributed by atoms with Crippen molar-refractivity contribution < 1.29 is 20.1 Å². The van der Waals surface area contributed by atoms with E-state index in [0.717, 1.165) is 30.2 Å². The van der Waals surface area contributed by atoms with Gasteiger partial charge >= 0.3 is 7.55 Å². The summed E-state index contributed by atoms with van der Waals surface area (Å²) in [6.07, 6.45) is 3.65. The summed E-state index contributed by atoms with van der Waals surface area (Å²) < 4.78 is 0. The number of rotatable bonds is 2. The Balaban J connectivity index is 0.00000133. The molecule has 0 N–H and O–H groups in total. The summed E-state index contributed by atoms with van der Waals surface area (Å²) in [6.45, 7) is 2.02. The van der Waals surface area contributed by atoms with Crippen LogP contribution in [0, 0.1) is 0 Å². The van der Waals surface area contributed by atoms with Crippen molar-refractivity contribution in [3.8, 4) is 11.3 Å². The van der Waals surface area contributed by atoms with E-state index >= 15 is 0 Å². The summed E-state index contributed by atoms with van der Waals surface area (Å²) in [7, 11) is 4.16. The molecule has 4 nitrogen and oxygen atoms in total. The first-order valence-electron chi connectivity index (χ1n) is 6.02. The zero-order chi connectivity index (χ0) is 12.4. The Kier molecular flexibility index (Phi) is 4.69. The van der Waals surface area contributed by atoms with Gasteiger partial charge in [-0.25, -0.2) is 4.98 Å². The molecule has 1 saturated heterocycles. The van der Waals surface area contributed by atoms with Crippen molar-refractivity contribution >= 4 is 13.4 Å². The summed E-state index contributed by atoms with van der Waals surface area (Å²) in [5.41, 5.74) is 2.08. The van der Waals surface area contributed by atoms with E-state index in [1.807, 2.05) is 36.7 Å². The second kappa shape index (κ2) is 6.28. The Morgan fingerprint density at radius 3 is 2.68 bits per heavy atom. The summed E-state index contributed by atoms with van der Waals surface area (Å²) in [5, 5.41) is 0. The predicted molar refractivity (Wildman–Crippen MR) is 73.2 cm³/mol. The summed E-state index contributed by atoms with van der Waals surface area (Å²) >= 11 is 0. The quantitative estimate of drug-likeness (QED) is 0.677. The Morgan fingerprint density at radius 2 is 2.00 bits per heavy atom. The van der Waals surface area contributed by atoms with Gasteiger partial charge in [0.25, 0.3) is 0 Å². The molecule has 1 aliphatic heterocycles. The van der Waals surface area contributed by atoms with Crippen LogP contribution in [0.2, 0.25) is 0 Å². The number of hydrogen-bond acceptors (Lipinski definition) is 4. The van der Waals surface area contributed by atoms with Crippen molar-refractivity contribution in [3.63, 3.8) is 0 Å². The molecule has 3 rings (SSSR count). The van der Waals surface area contributed by atoms with E-state index in [2.05, 4.69) is 40.3 Å². The van der Waals surface area contributed by atoms with Crippen molar-refractivity contribution in [2.45, 2.75) is 0 Å². The second-order valence-corrected chi connectivity index (χ2v) is 4.41. The fourth-order valence-electron chi connectivity index (χ4n) is 2.06. The molecular weight excluding hydrogens is 415 g/mol. The number of anilines is 1. The Bertz CT molecular complexity index is 537. The van der Waals surface area contributed by atoms with Gasteiger partial charge in [0.2, 0.25) is 0 Å². The average molecular weight is 429 g/mol. The molecule has 0 aliphatic carbocycles. The zero-order valence-electron chi connectivity index (χ0n) is 10.7. The molecule has 1 aliphatic rings. The molecule has 0 aromatic carbocycles. The molecule has 1 fully saturated rings. The summed E-state index contributed by atoms with van der Waals surface area (Å²) in [5.74, 6) is 0.975. The number of nitrogens with zero attached hydrogens (tertiary/aromatic N) is 4. The maximum atomic E-state index is 4.42. The summed E-state index contributed by atoms with van der Waals surface area (Å²) in [6, 6.07) is 10.0. The van der Waals surface area contributed by atoms with Gasteiger partial charge in [-0.15, -0.1) is 0 Å². The second-order valence-electron chi connectivity index (χ2n) is 4.41. The van der Waals surface area contributed by atoms with Gasteiger partial charge in [-0.2, -0.15) is 0 Å². The van der Waals surface area contributed by atoms with Crippen LogP contribution in [0.5, 0.6) is 0 Å². The first-order chi connectivity index (χ1) is 8.83. The van der Waals surface area contributed by atoms with Crippen LogP contribution < -0.4 is 4.81 Å². The van der Waals surface area contributed by atoms with Gasteiger partial charge in [0.05, 0.1) is 5.69 Å². The topological polar surface area (TPSA) is 32.3 Å². The summed E-state index contributed by atoms with van der Waals surface area (Å²) in [4.78, 5) is 13.1. The maximum absolute atomic E-state index is 4.42. The van der Waals surface area contributed by atoms with Crippen molar-refractivity contribution in [2.24, 2.45) is 0 Å². The van der Waals surface area contributed by atoms with Crippen LogP contribution in [0.25, 0.3) is 11.3 Å². The molecule has 0 spiro atoms. The largest absolute Gasteiger partial charge is 0.388 e. The molecule has 0 saturated carbocycles. The van der Waals surface area contributed by atoms with Gasteiger partial charge in [0.1, 0.15) is 5.82 Å². The van der Waals surface area contributed by atoms with E-state index < -0.39 is 0 Å². The van der Waals surface area contributed by atoms with Gasteiger partial charge < -0.3 is 9.62 Å². The first-order valence-corrected chi connectivity index (χ1v) is 6.02. The van der Waals surface area contributed by atoms with Gasteiger partial charge in [-0.05, 0) is 31.3 Å². The number of hydrogen-bond donors (Lipinski definition) is 0. The molecule has 19 heavy (non-hydrogen) atoms. The molecule has 2 aromatic heterocycles. The fourth-order valence-corrected chi connectivity index (χ4v) is 2.06. The van der Waals surface area contributed by atoms with E-state index in [1.165, 1.54) is 0 Å². The van der Waals surface area contributed by atoms with E-state index in [0.29, 0.717) is 0 Å². The Morgan fingerprint density at radius 1 is 1.11 bits per heavy atom. The van der Waals surface area contributed by atoms with E-state index in [4.69, 9.17) is 0 Å². The molecule has 0 bridgehead atoms. The normalized spacial score (nSPS) is 14.9. The van der Waals surface area contributed by atoms with Crippen molar-refractivity contribution in [2.75, 3.05) is 24.9 Å². The SMILES string of the molecule is CN1[B]N(c2cc(-c3ccccn3)ccn2)CC1.[Ir]. The molecule has 0 atom stereocenters. The standard InChI is InChI=1S/C13H14BN4.Ir/c1-17-8-9-18(14-17)13-10-11(5-7-16-13)12-4-2-3-6-15-12;/h2-7,10H,8-9H2,1H3;. The molecule has 0 amide bonds. The van der Waals surface area contributed by atoms with Gasteiger partial charge in [-0.1, -0.05) is 6.07 Å². The molecule has 3 heterocycles. The van der Waals surface area contributed by atoms with Crippen LogP contribution in [0.15, 0.2) is 42.7 Å². The van der Waals surface area contributed by atoms with Crippen LogP contribution >= 0.6 is 0 Å².